The molecule has 3 aromatic carbocycles. The molecular formula is C26H19Cl2N3O. The van der Waals surface area contributed by atoms with Gasteiger partial charge in [-0.05, 0) is 48.9 Å². The van der Waals surface area contributed by atoms with Gasteiger partial charge in [0.05, 0.1) is 17.0 Å². The van der Waals surface area contributed by atoms with E-state index in [4.69, 9.17) is 23.2 Å². The molecule has 1 amide bonds. The van der Waals surface area contributed by atoms with E-state index in [0.29, 0.717) is 27.9 Å². The number of benzene rings is 3. The van der Waals surface area contributed by atoms with Gasteiger partial charge in [-0.25, -0.2) is 0 Å². The van der Waals surface area contributed by atoms with Crippen molar-refractivity contribution in [3.05, 3.63) is 106 Å². The van der Waals surface area contributed by atoms with Crippen molar-refractivity contribution >= 4 is 57.5 Å². The van der Waals surface area contributed by atoms with Crippen LogP contribution in [0.25, 0.3) is 17.0 Å². The number of carbonyl (C=O) groups excluding carboxylic acids is 1. The molecule has 0 saturated heterocycles. The Labute approximate surface area is 196 Å². The highest BCUT2D eigenvalue weighted by molar-refractivity contribution is 6.35. The Bertz CT molecular complexity index is 1400. The van der Waals surface area contributed by atoms with Gasteiger partial charge < -0.3 is 4.57 Å². The summed E-state index contributed by atoms with van der Waals surface area (Å²) in [7, 11) is 0. The summed E-state index contributed by atoms with van der Waals surface area (Å²) >= 11 is 12.5. The largest absolute Gasteiger partial charge is 0.342 e. The number of nitrogens with zero attached hydrogens (tertiary/aromatic N) is 3. The standard InChI is InChI=1S/C26H19Cl2N3O/c1-17-23(26(32)31(29-17)21-7-3-2-4-8-21)13-19-16-30(25-10-6-5-9-22(19)25)15-18-11-12-20(27)14-24(18)28/h2-14,16H,15H2,1H3/b23-13-. The lowest BCUT2D eigenvalue weighted by Crippen LogP contribution is -2.21. The lowest BCUT2D eigenvalue weighted by atomic mass is 10.1. The van der Waals surface area contributed by atoms with Gasteiger partial charge in [0.15, 0.2) is 0 Å². The zero-order valence-corrected chi connectivity index (χ0v) is 18.8. The molecule has 1 aliphatic heterocycles. The second-order valence-electron chi connectivity index (χ2n) is 7.66. The molecule has 4 nitrogen and oxygen atoms in total. The van der Waals surface area contributed by atoms with Crippen molar-refractivity contribution in [3.8, 4) is 0 Å². The number of hydrazone groups is 1. The van der Waals surface area contributed by atoms with E-state index in [-0.39, 0.29) is 5.91 Å². The lowest BCUT2D eigenvalue weighted by Gasteiger charge is -2.10. The molecule has 158 valence electrons. The monoisotopic (exact) mass is 459 g/mol. The fraction of sp³-hybridized carbons (Fsp3) is 0.0769. The molecule has 5 rings (SSSR count). The van der Waals surface area contributed by atoms with Crippen molar-refractivity contribution in [2.24, 2.45) is 5.10 Å². The number of hydrogen-bond acceptors (Lipinski definition) is 2. The van der Waals surface area contributed by atoms with Gasteiger partial charge in [0.2, 0.25) is 0 Å². The van der Waals surface area contributed by atoms with Crippen molar-refractivity contribution in [3.63, 3.8) is 0 Å². The maximum absolute atomic E-state index is 13.1. The van der Waals surface area contributed by atoms with Gasteiger partial charge >= 0.3 is 0 Å². The Morgan fingerprint density at radius 2 is 1.72 bits per heavy atom. The third-order valence-electron chi connectivity index (χ3n) is 5.54. The predicted molar refractivity (Wildman–Crippen MR) is 133 cm³/mol. The van der Waals surface area contributed by atoms with Crippen LogP contribution in [0.5, 0.6) is 0 Å². The summed E-state index contributed by atoms with van der Waals surface area (Å²) in [5, 5.41) is 8.24. The Hall–Kier alpha value is -3.34. The molecule has 1 aromatic heterocycles. The third-order valence-corrected chi connectivity index (χ3v) is 6.13. The number of fused-ring (bicyclic) bond motifs is 1. The molecule has 4 aromatic rings. The van der Waals surface area contributed by atoms with Crippen LogP contribution in [0, 0.1) is 0 Å². The first-order valence-electron chi connectivity index (χ1n) is 10.2. The Balaban J connectivity index is 1.55. The van der Waals surface area contributed by atoms with Crippen molar-refractivity contribution in [1.29, 1.82) is 0 Å². The van der Waals surface area contributed by atoms with Gasteiger partial charge in [-0.3, -0.25) is 4.79 Å². The van der Waals surface area contributed by atoms with E-state index >= 15 is 0 Å². The highest BCUT2D eigenvalue weighted by Gasteiger charge is 2.29. The molecule has 0 spiro atoms. The van der Waals surface area contributed by atoms with Gasteiger partial charge in [0, 0.05) is 39.3 Å². The smallest absolute Gasteiger partial charge is 0.280 e. The molecule has 0 saturated carbocycles. The van der Waals surface area contributed by atoms with Crippen LogP contribution in [0.15, 0.2) is 89.7 Å². The van der Waals surface area contributed by atoms with E-state index in [9.17, 15) is 4.79 Å². The molecule has 0 N–H and O–H groups in total. The third kappa shape index (κ3) is 3.72. The van der Waals surface area contributed by atoms with Crippen LogP contribution in [0.3, 0.4) is 0 Å². The summed E-state index contributed by atoms with van der Waals surface area (Å²) in [6.07, 6.45) is 3.97. The summed E-state index contributed by atoms with van der Waals surface area (Å²) in [4.78, 5) is 13.1. The van der Waals surface area contributed by atoms with Crippen LogP contribution >= 0.6 is 23.2 Å². The van der Waals surface area contributed by atoms with Gasteiger partial charge in [-0.1, -0.05) is 65.7 Å². The average molecular weight is 460 g/mol. The number of aromatic nitrogens is 1. The average Bonchev–Trinajstić information content (AvgIpc) is 3.29. The fourth-order valence-corrected chi connectivity index (χ4v) is 4.41. The molecule has 0 radical (unpaired) electrons. The number of para-hydroxylation sites is 2. The van der Waals surface area contributed by atoms with Crippen molar-refractivity contribution in [2.45, 2.75) is 13.5 Å². The number of carbonyl (C=O) groups is 1. The minimum Gasteiger partial charge on any atom is -0.342 e. The van der Waals surface area contributed by atoms with Gasteiger partial charge in [0.1, 0.15) is 0 Å². The Morgan fingerprint density at radius 3 is 2.50 bits per heavy atom. The minimum atomic E-state index is -0.133. The lowest BCUT2D eigenvalue weighted by molar-refractivity contribution is -0.114. The Morgan fingerprint density at radius 1 is 0.969 bits per heavy atom. The first-order valence-corrected chi connectivity index (χ1v) is 11.0. The normalized spacial score (nSPS) is 15.1. The van der Waals surface area contributed by atoms with E-state index in [1.807, 2.05) is 73.8 Å². The zero-order valence-electron chi connectivity index (χ0n) is 17.3. The molecule has 32 heavy (non-hydrogen) atoms. The molecule has 0 bridgehead atoms. The van der Waals surface area contributed by atoms with Crippen molar-refractivity contribution < 1.29 is 4.79 Å². The molecule has 2 heterocycles. The van der Waals surface area contributed by atoms with Gasteiger partial charge in [-0.15, -0.1) is 0 Å². The fourth-order valence-electron chi connectivity index (χ4n) is 3.94. The number of hydrogen-bond donors (Lipinski definition) is 0. The number of rotatable bonds is 4. The van der Waals surface area contributed by atoms with Crippen LogP contribution < -0.4 is 5.01 Å². The number of amides is 1. The quantitative estimate of drug-likeness (QED) is 0.309. The maximum Gasteiger partial charge on any atom is 0.280 e. The summed E-state index contributed by atoms with van der Waals surface area (Å²) in [5.74, 6) is -0.133. The summed E-state index contributed by atoms with van der Waals surface area (Å²) < 4.78 is 2.14. The van der Waals surface area contributed by atoms with Crippen LogP contribution in [-0.4, -0.2) is 16.2 Å². The first kappa shape index (κ1) is 20.6. The van der Waals surface area contributed by atoms with Crippen LogP contribution in [0.1, 0.15) is 18.1 Å². The zero-order chi connectivity index (χ0) is 22.2. The summed E-state index contributed by atoms with van der Waals surface area (Å²) in [6.45, 7) is 2.45. The topological polar surface area (TPSA) is 37.6 Å². The van der Waals surface area contributed by atoms with Crippen LogP contribution in [0.4, 0.5) is 5.69 Å². The maximum atomic E-state index is 13.1. The van der Waals surface area contributed by atoms with Crippen LogP contribution in [-0.2, 0) is 11.3 Å². The summed E-state index contributed by atoms with van der Waals surface area (Å²) in [6, 6.07) is 23.1. The predicted octanol–water partition coefficient (Wildman–Crippen LogP) is 6.80. The number of anilines is 1. The molecule has 0 atom stereocenters. The molecule has 0 fully saturated rings. The Kier molecular flexibility index (Phi) is 5.33. The van der Waals surface area contributed by atoms with E-state index in [0.717, 1.165) is 27.7 Å². The molecule has 1 aliphatic rings. The van der Waals surface area contributed by atoms with E-state index in [2.05, 4.69) is 21.8 Å². The molecule has 0 unspecified atom stereocenters. The molecular weight excluding hydrogens is 441 g/mol. The van der Waals surface area contributed by atoms with Crippen molar-refractivity contribution in [2.75, 3.05) is 5.01 Å². The number of halogens is 2. The van der Waals surface area contributed by atoms with Gasteiger partial charge in [0.25, 0.3) is 5.91 Å². The second kappa shape index (κ2) is 8.30. The van der Waals surface area contributed by atoms with Gasteiger partial charge in [-0.2, -0.15) is 10.1 Å². The van der Waals surface area contributed by atoms with E-state index in [1.165, 1.54) is 5.01 Å². The minimum absolute atomic E-state index is 0.133. The SMILES string of the molecule is CC1=NN(c2ccccc2)C(=O)/C1=C\c1cn(Cc2ccc(Cl)cc2Cl)c2ccccc12. The van der Waals surface area contributed by atoms with E-state index < -0.39 is 0 Å². The molecule has 6 heteroatoms. The highest BCUT2D eigenvalue weighted by atomic mass is 35.5. The van der Waals surface area contributed by atoms with Crippen LogP contribution in [0.2, 0.25) is 10.0 Å². The first-order chi connectivity index (χ1) is 15.5. The van der Waals surface area contributed by atoms with Crippen molar-refractivity contribution in [1.82, 2.24) is 4.57 Å². The van der Waals surface area contributed by atoms with E-state index in [1.54, 1.807) is 6.07 Å². The second-order valence-corrected chi connectivity index (χ2v) is 8.50. The highest BCUT2D eigenvalue weighted by Crippen LogP contribution is 2.30. The summed E-state index contributed by atoms with van der Waals surface area (Å²) in [5.41, 5.74) is 5.02. The molecule has 0 aliphatic carbocycles.